The van der Waals surface area contributed by atoms with Crippen LogP contribution < -0.4 is 4.74 Å². The van der Waals surface area contributed by atoms with Crippen LogP contribution in [0.15, 0.2) is 24.3 Å². The molecule has 1 aliphatic rings. The van der Waals surface area contributed by atoms with Gasteiger partial charge in [0, 0.05) is 0 Å². The van der Waals surface area contributed by atoms with Gasteiger partial charge in [0.1, 0.15) is 0 Å². The molecule has 0 amide bonds. The van der Waals surface area contributed by atoms with Crippen molar-refractivity contribution < 1.29 is 27.7 Å². The van der Waals surface area contributed by atoms with Crippen LogP contribution in [0, 0.1) is 11.2 Å². The van der Waals surface area contributed by atoms with Crippen LogP contribution in [0.5, 0.6) is 5.75 Å². The van der Waals surface area contributed by atoms with Crippen LogP contribution in [0.3, 0.4) is 0 Å². The molecule has 0 radical (unpaired) electrons. The van der Waals surface area contributed by atoms with Gasteiger partial charge in [-0.1, -0.05) is 0 Å². The van der Waals surface area contributed by atoms with Gasteiger partial charge in [-0.25, -0.2) is 0 Å². The molecule has 0 saturated carbocycles. The number of rotatable bonds is 5. The van der Waals surface area contributed by atoms with Crippen LogP contribution in [0.25, 0.3) is 0 Å². The molecule has 2 unspecified atom stereocenters. The van der Waals surface area contributed by atoms with Crippen LogP contribution in [0.4, 0.5) is 4.39 Å². The molecule has 1 fully saturated rings. The molecular formula is C15H23FO5P2. The molecule has 130 valence electrons. The van der Waals surface area contributed by atoms with Gasteiger partial charge in [0.2, 0.25) is 0 Å². The van der Waals surface area contributed by atoms with Crippen molar-refractivity contribution in [1.29, 1.82) is 0 Å². The molecular weight excluding hydrogens is 341 g/mol. The second-order valence-corrected chi connectivity index (χ2v) is 11.6. The molecule has 1 saturated heterocycles. The first kappa shape index (κ1) is 18.5. The summed E-state index contributed by atoms with van der Waals surface area (Å²) in [5.74, 6) is -1.61. The predicted octanol–water partition coefficient (Wildman–Crippen LogP) is 3.54. The summed E-state index contributed by atoms with van der Waals surface area (Å²) in [4.78, 5) is 11.9. The van der Waals surface area contributed by atoms with E-state index in [2.05, 4.69) is 8.93 Å². The summed E-state index contributed by atoms with van der Waals surface area (Å²) < 4.78 is 35.5. The quantitative estimate of drug-likeness (QED) is 0.591. The first-order chi connectivity index (χ1) is 10.7. The van der Waals surface area contributed by atoms with Gasteiger partial charge in [-0.15, -0.1) is 0 Å². The third kappa shape index (κ3) is 5.09. The van der Waals surface area contributed by atoms with Gasteiger partial charge >= 0.3 is 138 Å². The maximum atomic E-state index is 13.4. The molecule has 1 heterocycles. The molecule has 0 spiro atoms. The SMILES string of the molecule is CC(OC(=O)COc1ccccc1F)[PH]1(P)OCC(C)(C)CO1. The number of carbonyl (C=O) groups is 1. The topological polar surface area (TPSA) is 54.0 Å². The normalized spacial score (nSPS) is 22.0. The van der Waals surface area contributed by atoms with Crippen molar-refractivity contribution in [3.8, 4) is 5.75 Å². The van der Waals surface area contributed by atoms with E-state index in [9.17, 15) is 9.18 Å². The molecule has 0 aromatic heterocycles. The van der Waals surface area contributed by atoms with E-state index in [4.69, 9.17) is 18.5 Å². The Morgan fingerprint density at radius 3 is 2.61 bits per heavy atom. The Morgan fingerprint density at radius 1 is 1.39 bits per heavy atom. The Labute approximate surface area is 138 Å². The van der Waals surface area contributed by atoms with Gasteiger partial charge in [0.15, 0.2) is 0 Å². The van der Waals surface area contributed by atoms with Crippen molar-refractivity contribution in [2.45, 2.75) is 26.6 Å². The fourth-order valence-corrected chi connectivity index (χ4v) is 4.73. The van der Waals surface area contributed by atoms with Gasteiger partial charge in [0.25, 0.3) is 0 Å². The zero-order valence-corrected chi connectivity index (χ0v) is 15.7. The van der Waals surface area contributed by atoms with Crippen molar-refractivity contribution in [1.82, 2.24) is 0 Å². The summed E-state index contributed by atoms with van der Waals surface area (Å²) in [5.41, 5.74) is -0.0508. The van der Waals surface area contributed by atoms with Crippen LogP contribution in [0.2, 0.25) is 0 Å². The standard InChI is InChI=1S/C15H23FO5P2/c1-11(23(22)19-9-15(2,3)10-20-23)21-14(17)8-18-13-7-5-4-6-12(13)16/h4-7,11,23H,8-10,22H2,1-3H3. The molecule has 1 aromatic rings. The summed E-state index contributed by atoms with van der Waals surface area (Å²) in [6, 6.07) is 5.89. The van der Waals surface area contributed by atoms with E-state index in [1.807, 2.05) is 13.8 Å². The second-order valence-electron chi connectivity index (χ2n) is 6.31. The Balaban J connectivity index is 1.84. The number of hydrogen-bond acceptors (Lipinski definition) is 5. The van der Waals surface area contributed by atoms with E-state index in [1.54, 1.807) is 19.1 Å². The maximum absolute atomic E-state index is 13.4. The Hall–Kier alpha value is -0.800. The van der Waals surface area contributed by atoms with Crippen molar-refractivity contribution in [2.75, 3.05) is 19.8 Å². The number of ether oxygens (including phenoxy) is 2. The van der Waals surface area contributed by atoms with Crippen LogP contribution in [-0.4, -0.2) is 31.6 Å². The monoisotopic (exact) mass is 364 g/mol. The third-order valence-corrected chi connectivity index (χ3v) is 8.28. The zero-order valence-electron chi connectivity index (χ0n) is 13.5. The Bertz CT molecular complexity index is 557. The molecule has 5 nitrogen and oxygen atoms in total. The van der Waals surface area contributed by atoms with Crippen LogP contribution in [0.1, 0.15) is 20.8 Å². The molecule has 8 heteroatoms. The first-order valence-electron chi connectivity index (χ1n) is 7.35. The molecule has 0 bridgehead atoms. The number of halogens is 1. The van der Waals surface area contributed by atoms with E-state index in [-0.39, 0.29) is 17.8 Å². The molecule has 1 aliphatic heterocycles. The zero-order chi connectivity index (χ0) is 17.1. The number of esters is 1. The van der Waals surface area contributed by atoms with Crippen molar-refractivity contribution in [3.63, 3.8) is 0 Å². The number of para-hydroxylation sites is 1. The number of hydrogen-bond donors (Lipinski definition) is 0. The van der Waals surface area contributed by atoms with E-state index in [0.717, 1.165) is 0 Å². The average molecular weight is 364 g/mol. The van der Waals surface area contributed by atoms with Crippen molar-refractivity contribution in [3.05, 3.63) is 30.1 Å². The number of benzene rings is 1. The van der Waals surface area contributed by atoms with Crippen molar-refractivity contribution >= 4 is 22.3 Å². The van der Waals surface area contributed by atoms with Crippen LogP contribution in [-0.2, 0) is 18.6 Å². The molecule has 1 aromatic carbocycles. The van der Waals surface area contributed by atoms with Crippen molar-refractivity contribution in [2.24, 2.45) is 5.41 Å². The van der Waals surface area contributed by atoms with E-state index in [0.29, 0.717) is 13.2 Å². The Morgan fingerprint density at radius 2 is 2.00 bits per heavy atom. The van der Waals surface area contributed by atoms with Gasteiger partial charge in [-0.2, -0.15) is 0 Å². The summed E-state index contributed by atoms with van der Waals surface area (Å²) in [6.07, 6.45) is 0. The molecule has 2 rings (SSSR count). The molecule has 0 N–H and O–H groups in total. The first-order valence-corrected chi connectivity index (χ1v) is 11.1. The van der Waals surface area contributed by atoms with Gasteiger partial charge in [-0.05, 0) is 0 Å². The van der Waals surface area contributed by atoms with E-state index >= 15 is 0 Å². The summed E-state index contributed by atoms with van der Waals surface area (Å²) in [5, 5.41) is 0. The van der Waals surface area contributed by atoms with Gasteiger partial charge in [0.05, 0.1) is 0 Å². The summed E-state index contributed by atoms with van der Waals surface area (Å²) >= 11 is 0. The van der Waals surface area contributed by atoms with Crippen LogP contribution >= 0.6 is 16.3 Å². The summed E-state index contributed by atoms with van der Waals surface area (Å²) in [6.45, 7) is 6.56. The minimum atomic E-state index is -2.67. The van der Waals surface area contributed by atoms with Gasteiger partial charge < -0.3 is 0 Å². The number of carbonyl (C=O) groups excluding carboxylic acids is 1. The van der Waals surface area contributed by atoms with E-state index in [1.165, 1.54) is 12.1 Å². The molecule has 23 heavy (non-hydrogen) atoms. The minimum absolute atomic E-state index is 0.0156. The average Bonchev–Trinajstić information content (AvgIpc) is 2.50. The van der Waals surface area contributed by atoms with Gasteiger partial charge in [-0.3, -0.25) is 0 Å². The second kappa shape index (κ2) is 7.40. The molecule has 0 aliphatic carbocycles. The fraction of sp³-hybridized carbons (Fsp3) is 0.533. The predicted molar refractivity (Wildman–Crippen MR) is 91.2 cm³/mol. The van der Waals surface area contributed by atoms with E-state index < -0.39 is 25.0 Å². The molecule has 2 atom stereocenters. The third-order valence-electron chi connectivity index (χ3n) is 3.43. The fourth-order valence-electron chi connectivity index (χ4n) is 1.95. The summed E-state index contributed by atoms with van der Waals surface area (Å²) in [7, 11) is -0.0861. The Kier molecular flexibility index (Phi) is 5.96.